The Labute approximate surface area is 192 Å². The summed E-state index contributed by atoms with van der Waals surface area (Å²) in [6, 6.07) is 18.9. The van der Waals surface area contributed by atoms with Gasteiger partial charge in [0, 0.05) is 37.0 Å². The second kappa shape index (κ2) is 10.2. The molecule has 0 aliphatic heterocycles. The van der Waals surface area contributed by atoms with Gasteiger partial charge in [0.2, 0.25) is 11.3 Å². The van der Waals surface area contributed by atoms with E-state index in [4.69, 9.17) is 9.47 Å². The summed E-state index contributed by atoms with van der Waals surface area (Å²) in [6.07, 6.45) is 3.59. The van der Waals surface area contributed by atoms with E-state index in [-0.39, 0.29) is 30.2 Å². The highest BCUT2D eigenvalue weighted by molar-refractivity contribution is 6.01. The van der Waals surface area contributed by atoms with Crippen LogP contribution in [0, 0.1) is 6.92 Å². The molecule has 0 unspecified atom stereocenters. The average molecular weight is 446 g/mol. The zero-order chi connectivity index (χ0) is 23.2. The number of nitrogens with zero attached hydrogens (tertiary/aromatic N) is 2. The molecule has 0 fully saturated rings. The Morgan fingerprint density at radius 3 is 2.64 bits per heavy atom. The fourth-order valence-electron chi connectivity index (χ4n) is 3.73. The van der Waals surface area contributed by atoms with Crippen molar-refractivity contribution in [2.24, 2.45) is 0 Å². The van der Waals surface area contributed by atoms with Crippen LogP contribution in [0.4, 0.5) is 5.69 Å². The smallest absolute Gasteiger partial charge is 0.244 e. The molecule has 4 rings (SSSR count). The van der Waals surface area contributed by atoms with Gasteiger partial charge in [-0.2, -0.15) is 0 Å². The molecule has 33 heavy (non-hydrogen) atoms. The second-order valence-electron chi connectivity index (χ2n) is 7.83. The molecule has 0 aliphatic carbocycles. The molecule has 0 saturated carbocycles. The summed E-state index contributed by atoms with van der Waals surface area (Å²) in [5.41, 5.74) is 3.22. The van der Waals surface area contributed by atoms with E-state index in [9.17, 15) is 9.59 Å². The number of benzene rings is 2. The SMILES string of the molecule is COCCn1ccc2c(NC(=O)Cn3cc(OCc4ccccc4)c(=O)cc3C)cccc21. The topological polar surface area (TPSA) is 74.5 Å². The minimum atomic E-state index is -0.206. The maximum absolute atomic E-state index is 12.9. The minimum absolute atomic E-state index is 0.0641. The van der Waals surface area contributed by atoms with Crippen LogP contribution in [-0.4, -0.2) is 28.8 Å². The highest BCUT2D eigenvalue weighted by atomic mass is 16.5. The van der Waals surface area contributed by atoms with Gasteiger partial charge in [0.1, 0.15) is 13.2 Å². The molecule has 0 radical (unpaired) electrons. The van der Waals surface area contributed by atoms with Crippen molar-refractivity contribution in [1.29, 1.82) is 0 Å². The van der Waals surface area contributed by atoms with Crippen LogP contribution < -0.4 is 15.5 Å². The molecule has 0 aliphatic rings. The number of pyridine rings is 1. The fraction of sp³-hybridized carbons (Fsp3) is 0.231. The van der Waals surface area contributed by atoms with Gasteiger partial charge in [0.15, 0.2) is 5.75 Å². The molecule has 2 aromatic carbocycles. The van der Waals surface area contributed by atoms with E-state index in [1.807, 2.05) is 60.8 Å². The summed E-state index contributed by atoms with van der Waals surface area (Å²) in [7, 11) is 1.68. The largest absolute Gasteiger partial charge is 0.483 e. The summed E-state index contributed by atoms with van der Waals surface area (Å²) in [5, 5.41) is 3.96. The summed E-state index contributed by atoms with van der Waals surface area (Å²) in [5.74, 6) is 0.0301. The van der Waals surface area contributed by atoms with Crippen molar-refractivity contribution in [1.82, 2.24) is 9.13 Å². The minimum Gasteiger partial charge on any atom is -0.483 e. The number of rotatable bonds is 9. The number of anilines is 1. The van der Waals surface area contributed by atoms with Crippen molar-refractivity contribution in [2.45, 2.75) is 26.6 Å². The average Bonchev–Trinajstić information content (AvgIpc) is 3.23. The Balaban J connectivity index is 1.48. The van der Waals surface area contributed by atoms with Gasteiger partial charge in [-0.05, 0) is 30.7 Å². The van der Waals surface area contributed by atoms with E-state index in [0.717, 1.165) is 28.7 Å². The number of hydrogen-bond donors (Lipinski definition) is 1. The molecule has 2 aromatic heterocycles. The first-order valence-electron chi connectivity index (χ1n) is 10.8. The molecule has 0 saturated heterocycles. The molecule has 170 valence electrons. The molecule has 7 nitrogen and oxygen atoms in total. The second-order valence-corrected chi connectivity index (χ2v) is 7.83. The predicted molar refractivity (Wildman–Crippen MR) is 129 cm³/mol. The molecule has 1 N–H and O–H groups in total. The maximum atomic E-state index is 12.9. The first-order valence-corrected chi connectivity index (χ1v) is 10.8. The van der Waals surface area contributed by atoms with Crippen LogP contribution in [0.3, 0.4) is 0 Å². The normalized spacial score (nSPS) is 11.0. The van der Waals surface area contributed by atoms with Crippen molar-refractivity contribution in [3.63, 3.8) is 0 Å². The summed E-state index contributed by atoms with van der Waals surface area (Å²) < 4.78 is 14.7. The van der Waals surface area contributed by atoms with Gasteiger partial charge in [-0.3, -0.25) is 9.59 Å². The van der Waals surface area contributed by atoms with Crippen molar-refractivity contribution in [3.05, 3.63) is 94.5 Å². The Morgan fingerprint density at radius 1 is 1.03 bits per heavy atom. The van der Waals surface area contributed by atoms with Crippen LogP contribution in [0.2, 0.25) is 0 Å². The molecule has 2 heterocycles. The van der Waals surface area contributed by atoms with Crippen molar-refractivity contribution < 1.29 is 14.3 Å². The number of methoxy groups -OCH3 is 1. The van der Waals surface area contributed by atoms with E-state index in [2.05, 4.69) is 9.88 Å². The predicted octanol–water partition coefficient (Wildman–Crippen LogP) is 3.98. The number of hydrogen-bond acceptors (Lipinski definition) is 4. The first kappa shape index (κ1) is 22.4. The Kier molecular flexibility index (Phi) is 6.90. The number of carbonyl (C=O) groups is 1. The molecule has 0 atom stereocenters. The molecule has 1 amide bonds. The number of aryl methyl sites for hydroxylation is 1. The van der Waals surface area contributed by atoms with E-state index < -0.39 is 0 Å². The van der Waals surface area contributed by atoms with Gasteiger partial charge < -0.3 is 23.9 Å². The quantitative estimate of drug-likeness (QED) is 0.423. The molecule has 0 bridgehead atoms. The van der Waals surface area contributed by atoms with Crippen LogP contribution in [0.15, 0.2) is 77.9 Å². The van der Waals surface area contributed by atoms with Crippen LogP contribution in [-0.2, 0) is 29.2 Å². The summed E-state index contributed by atoms with van der Waals surface area (Å²) in [6.45, 7) is 3.49. The highest BCUT2D eigenvalue weighted by Gasteiger charge is 2.12. The lowest BCUT2D eigenvalue weighted by atomic mass is 10.2. The highest BCUT2D eigenvalue weighted by Crippen LogP contribution is 2.24. The van der Waals surface area contributed by atoms with E-state index in [1.54, 1.807) is 24.8 Å². The Morgan fingerprint density at radius 2 is 1.85 bits per heavy atom. The first-order chi connectivity index (χ1) is 16.0. The summed E-state index contributed by atoms with van der Waals surface area (Å²) >= 11 is 0. The zero-order valence-corrected chi connectivity index (χ0v) is 18.8. The lowest BCUT2D eigenvalue weighted by molar-refractivity contribution is -0.116. The number of carbonyl (C=O) groups excluding carboxylic acids is 1. The molecule has 7 heteroatoms. The fourth-order valence-corrected chi connectivity index (χ4v) is 3.73. The lowest BCUT2D eigenvalue weighted by Gasteiger charge is -2.14. The van der Waals surface area contributed by atoms with Gasteiger partial charge in [-0.1, -0.05) is 36.4 Å². The number of fused-ring (bicyclic) bond motifs is 1. The third-order valence-corrected chi connectivity index (χ3v) is 5.48. The van der Waals surface area contributed by atoms with Gasteiger partial charge in [0.25, 0.3) is 0 Å². The Hall–Kier alpha value is -3.84. The number of nitrogens with one attached hydrogen (secondary N) is 1. The number of ether oxygens (including phenoxy) is 2. The lowest BCUT2D eigenvalue weighted by Crippen LogP contribution is -2.22. The maximum Gasteiger partial charge on any atom is 0.244 e. The van der Waals surface area contributed by atoms with E-state index >= 15 is 0 Å². The van der Waals surface area contributed by atoms with Gasteiger partial charge >= 0.3 is 0 Å². The standard InChI is InChI=1S/C26H27N3O4/c1-19-15-24(30)25(33-18-20-7-4-3-5-8-20)16-29(19)17-26(31)27-22-9-6-10-23-21(22)11-12-28(23)13-14-32-2/h3-12,15-16H,13-14,17-18H2,1-2H3,(H,27,31). The number of aromatic nitrogens is 2. The third kappa shape index (κ3) is 5.32. The molecule has 4 aromatic rings. The van der Waals surface area contributed by atoms with Crippen LogP contribution >= 0.6 is 0 Å². The van der Waals surface area contributed by atoms with Gasteiger partial charge in [0.05, 0.1) is 24.0 Å². The van der Waals surface area contributed by atoms with Crippen molar-refractivity contribution in [3.8, 4) is 5.75 Å². The Bertz CT molecular complexity index is 1310. The molecular formula is C26H27N3O4. The van der Waals surface area contributed by atoms with Crippen molar-refractivity contribution in [2.75, 3.05) is 19.0 Å². The monoisotopic (exact) mass is 445 g/mol. The van der Waals surface area contributed by atoms with Crippen LogP contribution in [0.25, 0.3) is 10.9 Å². The van der Waals surface area contributed by atoms with Gasteiger partial charge in [-0.25, -0.2) is 0 Å². The summed E-state index contributed by atoms with van der Waals surface area (Å²) in [4.78, 5) is 25.2. The molecular weight excluding hydrogens is 418 g/mol. The van der Waals surface area contributed by atoms with E-state index in [0.29, 0.717) is 12.3 Å². The third-order valence-electron chi connectivity index (χ3n) is 5.48. The number of amides is 1. The van der Waals surface area contributed by atoms with Crippen LogP contribution in [0.5, 0.6) is 5.75 Å². The van der Waals surface area contributed by atoms with E-state index in [1.165, 1.54) is 6.07 Å². The van der Waals surface area contributed by atoms with Crippen molar-refractivity contribution >= 4 is 22.5 Å². The van der Waals surface area contributed by atoms with Crippen LogP contribution in [0.1, 0.15) is 11.3 Å². The van der Waals surface area contributed by atoms with Gasteiger partial charge in [-0.15, -0.1) is 0 Å². The molecule has 0 spiro atoms. The zero-order valence-electron chi connectivity index (χ0n) is 18.8.